The van der Waals surface area contributed by atoms with E-state index in [0.29, 0.717) is 11.3 Å². The summed E-state index contributed by atoms with van der Waals surface area (Å²) in [5.41, 5.74) is 4.52. The van der Waals surface area contributed by atoms with Gasteiger partial charge < -0.3 is 0 Å². The van der Waals surface area contributed by atoms with Crippen LogP contribution in [0, 0.1) is 0 Å². The van der Waals surface area contributed by atoms with Gasteiger partial charge in [-0.25, -0.2) is 13.8 Å². The standard InChI is InChI=1S/C14H19N3O3S/c1-17(21(2,19)20)13-9-7-11(8-10-13)14(18)16-15-12-5-3-4-6-12/h7-10H,3-6H2,1-2H3,(H,16,18). The molecule has 1 N–H and O–H groups in total. The Morgan fingerprint density at radius 2 is 1.76 bits per heavy atom. The van der Waals surface area contributed by atoms with Crippen LogP contribution < -0.4 is 9.73 Å². The van der Waals surface area contributed by atoms with E-state index in [2.05, 4.69) is 10.5 Å². The second kappa shape index (κ2) is 6.26. The van der Waals surface area contributed by atoms with Crippen molar-refractivity contribution in [2.24, 2.45) is 5.10 Å². The summed E-state index contributed by atoms with van der Waals surface area (Å²) in [5, 5.41) is 4.11. The molecular formula is C14H19N3O3S. The Hall–Kier alpha value is -1.89. The van der Waals surface area contributed by atoms with Crippen LogP contribution in [0.3, 0.4) is 0 Å². The van der Waals surface area contributed by atoms with E-state index in [1.807, 2.05) is 0 Å². The zero-order valence-electron chi connectivity index (χ0n) is 12.2. The van der Waals surface area contributed by atoms with Gasteiger partial charge in [0.25, 0.3) is 5.91 Å². The van der Waals surface area contributed by atoms with Gasteiger partial charge >= 0.3 is 0 Å². The highest BCUT2D eigenvalue weighted by molar-refractivity contribution is 7.92. The molecule has 0 aliphatic heterocycles. The van der Waals surface area contributed by atoms with Crippen LogP contribution in [-0.2, 0) is 10.0 Å². The highest BCUT2D eigenvalue weighted by Crippen LogP contribution is 2.17. The number of amides is 1. The maximum absolute atomic E-state index is 11.9. The van der Waals surface area contributed by atoms with Gasteiger partial charge in [0.1, 0.15) is 0 Å². The number of carbonyl (C=O) groups is 1. The van der Waals surface area contributed by atoms with Crippen LogP contribution in [-0.4, -0.2) is 33.3 Å². The summed E-state index contributed by atoms with van der Waals surface area (Å²) in [7, 11) is -1.83. The maximum Gasteiger partial charge on any atom is 0.271 e. The Bertz CT molecular complexity index is 643. The van der Waals surface area contributed by atoms with E-state index in [9.17, 15) is 13.2 Å². The molecule has 0 spiro atoms. The van der Waals surface area contributed by atoms with Gasteiger partial charge in [0.05, 0.1) is 11.9 Å². The monoisotopic (exact) mass is 309 g/mol. The summed E-state index contributed by atoms with van der Waals surface area (Å²) in [5.74, 6) is -0.289. The van der Waals surface area contributed by atoms with E-state index >= 15 is 0 Å². The van der Waals surface area contributed by atoms with E-state index < -0.39 is 10.0 Å². The van der Waals surface area contributed by atoms with Crippen molar-refractivity contribution in [1.29, 1.82) is 0 Å². The SMILES string of the molecule is CN(c1ccc(C(=O)NN=C2CCCC2)cc1)S(C)(=O)=O. The zero-order valence-corrected chi connectivity index (χ0v) is 13.0. The average molecular weight is 309 g/mol. The Morgan fingerprint density at radius 3 is 2.29 bits per heavy atom. The average Bonchev–Trinajstić information content (AvgIpc) is 2.96. The predicted molar refractivity (Wildman–Crippen MR) is 83.1 cm³/mol. The van der Waals surface area contributed by atoms with Gasteiger partial charge in [0.15, 0.2) is 0 Å². The maximum atomic E-state index is 11.9. The van der Waals surface area contributed by atoms with Crippen LogP contribution in [0.2, 0.25) is 0 Å². The topological polar surface area (TPSA) is 78.8 Å². The Kier molecular flexibility index (Phi) is 4.62. The molecule has 2 rings (SSSR count). The minimum atomic E-state index is -3.30. The minimum absolute atomic E-state index is 0.289. The zero-order chi connectivity index (χ0) is 15.5. The van der Waals surface area contributed by atoms with Crippen molar-refractivity contribution < 1.29 is 13.2 Å². The van der Waals surface area contributed by atoms with Gasteiger partial charge in [0, 0.05) is 18.3 Å². The minimum Gasteiger partial charge on any atom is -0.274 e. The van der Waals surface area contributed by atoms with Crippen LogP contribution in [0.5, 0.6) is 0 Å². The molecule has 114 valence electrons. The largest absolute Gasteiger partial charge is 0.274 e. The predicted octanol–water partition coefficient (Wildman–Crippen LogP) is 1.74. The number of benzene rings is 1. The molecule has 0 radical (unpaired) electrons. The molecule has 7 heteroatoms. The molecule has 0 atom stereocenters. The summed E-state index contributed by atoms with van der Waals surface area (Å²) in [6, 6.07) is 6.36. The number of rotatable bonds is 4. The van der Waals surface area contributed by atoms with Crippen molar-refractivity contribution >= 4 is 27.3 Å². The van der Waals surface area contributed by atoms with Crippen molar-refractivity contribution in [2.75, 3.05) is 17.6 Å². The lowest BCUT2D eigenvalue weighted by atomic mass is 10.2. The summed E-state index contributed by atoms with van der Waals surface area (Å²) in [4.78, 5) is 11.9. The molecule has 21 heavy (non-hydrogen) atoms. The molecule has 1 saturated carbocycles. The third-order valence-corrected chi connectivity index (χ3v) is 4.69. The van der Waals surface area contributed by atoms with Gasteiger partial charge in [-0.05, 0) is 49.9 Å². The molecule has 6 nitrogen and oxygen atoms in total. The fraction of sp³-hybridized carbons (Fsp3) is 0.429. The lowest BCUT2D eigenvalue weighted by Gasteiger charge is -2.16. The van der Waals surface area contributed by atoms with Gasteiger partial charge in [-0.1, -0.05) is 0 Å². The van der Waals surface area contributed by atoms with Crippen molar-refractivity contribution in [2.45, 2.75) is 25.7 Å². The number of hydrazone groups is 1. The number of hydrogen-bond donors (Lipinski definition) is 1. The first kappa shape index (κ1) is 15.5. The van der Waals surface area contributed by atoms with Crippen LogP contribution in [0.15, 0.2) is 29.4 Å². The highest BCUT2D eigenvalue weighted by Gasteiger charge is 2.13. The van der Waals surface area contributed by atoms with E-state index in [0.717, 1.165) is 42.0 Å². The van der Waals surface area contributed by atoms with Gasteiger partial charge in [-0.15, -0.1) is 0 Å². The first-order chi connectivity index (χ1) is 9.88. The van der Waals surface area contributed by atoms with Crippen molar-refractivity contribution in [1.82, 2.24) is 5.43 Å². The molecule has 1 aliphatic rings. The fourth-order valence-corrected chi connectivity index (χ4v) is 2.61. The summed E-state index contributed by atoms with van der Waals surface area (Å²) in [6.07, 6.45) is 5.27. The number of sulfonamides is 1. The highest BCUT2D eigenvalue weighted by atomic mass is 32.2. The molecule has 1 amide bonds. The Labute approximate surface area is 124 Å². The summed E-state index contributed by atoms with van der Waals surface area (Å²) in [6.45, 7) is 0. The second-order valence-electron chi connectivity index (χ2n) is 5.10. The molecule has 0 unspecified atom stereocenters. The third-order valence-electron chi connectivity index (χ3n) is 3.49. The quantitative estimate of drug-likeness (QED) is 0.860. The smallest absolute Gasteiger partial charge is 0.271 e. The number of nitrogens with zero attached hydrogens (tertiary/aromatic N) is 2. The summed E-state index contributed by atoms with van der Waals surface area (Å²) < 4.78 is 24.0. The van der Waals surface area contributed by atoms with E-state index in [1.54, 1.807) is 24.3 Å². The van der Waals surface area contributed by atoms with E-state index in [1.165, 1.54) is 7.05 Å². The second-order valence-corrected chi connectivity index (χ2v) is 7.12. The molecular weight excluding hydrogens is 290 g/mol. The molecule has 1 aliphatic carbocycles. The number of anilines is 1. The van der Waals surface area contributed by atoms with Crippen LogP contribution >= 0.6 is 0 Å². The lowest BCUT2D eigenvalue weighted by molar-refractivity contribution is 0.0954. The first-order valence-electron chi connectivity index (χ1n) is 6.77. The Morgan fingerprint density at radius 1 is 1.19 bits per heavy atom. The fourth-order valence-electron chi connectivity index (χ4n) is 2.10. The van der Waals surface area contributed by atoms with Crippen molar-refractivity contribution in [3.8, 4) is 0 Å². The molecule has 1 aromatic carbocycles. The normalized spacial score (nSPS) is 14.9. The molecule has 0 bridgehead atoms. The number of hydrogen-bond acceptors (Lipinski definition) is 4. The Balaban J connectivity index is 2.04. The molecule has 0 aromatic heterocycles. The van der Waals surface area contributed by atoms with Crippen LogP contribution in [0.4, 0.5) is 5.69 Å². The van der Waals surface area contributed by atoms with Crippen molar-refractivity contribution in [3.05, 3.63) is 29.8 Å². The summed E-state index contributed by atoms with van der Waals surface area (Å²) >= 11 is 0. The van der Waals surface area contributed by atoms with Gasteiger partial charge in [-0.3, -0.25) is 9.10 Å². The van der Waals surface area contributed by atoms with Gasteiger partial charge in [-0.2, -0.15) is 5.10 Å². The molecule has 0 saturated heterocycles. The molecule has 0 heterocycles. The van der Waals surface area contributed by atoms with Crippen LogP contribution in [0.25, 0.3) is 0 Å². The third kappa shape index (κ3) is 4.04. The van der Waals surface area contributed by atoms with E-state index in [-0.39, 0.29) is 5.91 Å². The van der Waals surface area contributed by atoms with Crippen molar-refractivity contribution in [3.63, 3.8) is 0 Å². The van der Waals surface area contributed by atoms with Gasteiger partial charge in [0.2, 0.25) is 10.0 Å². The first-order valence-corrected chi connectivity index (χ1v) is 8.62. The number of carbonyl (C=O) groups excluding carboxylic acids is 1. The molecule has 1 fully saturated rings. The lowest BCUT2D eigenvalue weighted by Crippen LogP contribution is -2.25. The van der Waals surface area contributed by atoms with Crippen LogP contribution in [0.1, 0.15) is 36.0 Å². The van der Waals surface area contributed by atoms with E-state index in [4.69, 9.17) is 0 Å². The number of nitrogens with one attached hydrogen (secondary N) is 1. The molecule has 1 aromatic rings.